The molecule has 8 nitrogen and oxygen atoms in total. The van der Waals surface area contributed by atoms with Gasteiger partial charge in [-0.1, -0.05) is 6.07 Å². The smallest absolute Gasteiger partial charge is 0.231 e. The molecule has 2 heterocycles. The highest BCUT2D eigenvalue weighted by molar-refractivity contribution is 5.72. The van der Waals surface area contributed by atoms with Crippen molar-refractivity contribution < 1.29 is 19.0 Å². The van der Waals surface area contributed by atoms with Gasteiger partial charge in [0.2, 0.25) is 12.7 Å². The molecule has 0 spiro atoms. The number of rotatable bonds is 8. The van der Waals surface area contributed by atoms with Crippen molar-refractivity contribution in [3.63, 3.8) is 0 Å². The van der Waals surface area contributed by atoms with Gasteiger partial charge in [-0.2, -0.15) is 5.10 Å². The van der Waals surface area contributed by atoms with Crippen LogP contribution in [0.4, 0.5) is 0 Å². The number of carbonyl (C=O) groups is 1. The van der Waals surface area contributed by atoms with Crippen molar-refractivity contribution in [3.05, 3.63) is 35.4 Å². The van der Waals surface area contributed by atoms with Crippen molar-refractivity contribution in [1.82, 2.24) is 20.1 Å². The average molecular weight is 346 g/mol. The Morgan fingerprint density at radius 2 is 2.16 bits per heavy atom. The van der Waals surface area contributed by atoms with E-state index in [2.05, 4.69) is 15.4 Å². The molecule has 1 aliphatic heterocycles. The minimum absolute atomic E-state index is 0.0542. The van der Waals surface area contributed by atoms with Crippen LogP contribution in [0.2, 0.25) is 0 Å². The van der Waals surface area contributed by atoms with Crippen LogP contribution in [-0.2, 0) is 28.9 Å². The Kier molecular flexibility index (Phi) is 5.49. The summed E-state index contributed by atoms with van der Waals surface area (Å²) in [5.74, 6) is 3.02. The number of nitrogens with zero attached hydrogens (tertiary/aromatic N) is 3. The molecule has 0 saturated heterocycles. The molecule has 0 bridgehead atoms. The van der Waals surface area contributed by atoms with Crippen LogP contribution >= 0.6 is 0 Å². The summed E-state index contributed by atoms with van der Waals surface area (Å²) in [4.78, 5) is 15.6. The Bertz CT molecular complexity index is 744. The fourth-order valence-corrected chi connectivity index (χ4v) is 2.60. The molecule has 1 aliphatic rings. The molecule has 8 heteroatoms. The van der Waals surface area contributed by atoms with Gasteiger partial charge in [0.05, 0.1) is 13.2 Å². The first-order valence-electron chi connectivity index (χ1n) is 8.20. The number of hydrogen-bond acceptors (Lipinski definition) is 6. The standard InChI is InChI=1S/C17H22N4O4/c1-12(22)18-7-5-17-19-16(6-8-23-2)20-21(17)10-13-3-4-14-15(9-13)25-11-24-14/h3-4,9H,5-8,10-11H2,1-2H3,(H,18,22). The number of amides is 1. The number of methoxy groups -OCH3 is 1. The van der Waals surface area contributed by atoms with E-state index in [0.717, 1.165) is 28.7 Å². The number of benzene rings is 1. The van der Waals surface area contributed by atoms with Crippen molar-refractivity contribution in [1.29, 1.82) is 0 Å². The fraction of sp³-hybridized carbons (Fsp3) is 0.471. The largest absolute Gasteiger partial charge is 0.454 e. The zero-order chi connectivity index (χ0) is 17.6. The summed E-state index contributed by atoms with van der Waals surface area (Å²) in [5.41, 5.74) is 1.05. The summed E-state index contributed by atoms with van der Waals surface area (Å²) < 4.78 is 17.7. The van der Waals surface area contributed by atoms with Crippen LogP contribution < -0.4 is 14.8 Å². The van der Waals surface area contributed by atoms with Gasteiger partial charge in [0, 0.05) is 33.4 Å². The number of carbonyl (C=O) groups excluding carboxylic acids is 1. The number of fused-ring (bicyclic) bond motifs is 1. The zero-order valence-electron chi connectivity index (χ0n) is 14.4. The van der Waals surface area contributed by atoms with Gasteiger partial charge in [0.25, 0.3) is 0 Å². The van der Waals surface area contributed by atoms with Crippen LogP contribution in [0.1, 0.15) is 24.1 Å². The molecule has 1 N–H and O–H groups in total. The Morgan fingerprint density at radius 3 is 2.96 bits per heavy atom. The maximum absolute atomic E-state index is 11.1. The lowest BCUT2D eigenvalue weighted by atomic mass is 10.2. The highest BCUT2D eigenvalue weighted by atomic mass is 16.7. The van der Waals surface area contributed by atoms with E-state index in [9.17, 15) is 4.79 Å². The lowest BCUT2D eigenvalue weighted by Crippen LogP contribution is -2.23. The van der Waals surface area contributed by atoms with Crippen LogP contribution in [-0.4, -0.2) is 47.7 Å². The summed E-state index contributed by atoms with van der Waals surface area (Å²) in [6, 6.07) is 5.84. The van der Waals surface area contributed by atoms with Crippen molar-refractivity contribution in [3.8, 4) is 11.5 Å². The van der Waals surface area contributed by atoms with E-state index in [1.54, 1.807) is 7.11 Å². The van der Waals surface area contributed by atoms with E-state index in [-0.39, 0.29) is 12.7 Å². The van der Waals surface area contributed by atoms with Crippen LogP contribution in [0.15, 0.2) is 18.2 Å². The summed E-state index contributed by atoms with van der Waals surface area (Å²) in [6.07, 6.45) is 1.27. The van der Waals surface area contributed by atoms with Crippen LogP contribution in [0.25, 0.3) is 0 Å². The van der Waals surface area contributed by atoms with Gasteiger partial charge >= 0.3 is 0 Å². The predicted molar refractivity (Wildman–Crippen MR) is 89.7 cm³/mol. The fourth-order valence-electron chi connectivity index (χ4n) is 2.60. The van der Waals surface area contributed by atoms with Gasteiger partial charge in [-0.05, 0) is 17.7 Å². The van der Waals surface area contributed by atoms with E-state index in [0.29, 0.717) is 32.5 Å². The first kappa shape index (κ1) is 17.2. The number of aromatic nitrogens is 3. The second kappa shape index (κ2) is 7.98. The van der Waals surface area contributed by atoms with Gasteiger partial charge < -0.3 is 19.5 Å². The van der Waals surface area contributed by atoms with E-state index >= 15 is 0 Å². The lowest BCUT2D eigenvalue weighted by Gasteiger charge is -2.07. The third-order valence-electron chi connectivity index (χ3n) is 3.81. The quantitative estimate of drug-likeness (QED) is 0.765. The molecule has 2 aromatic rings. The summed E-state index contributed by atoms with van der Waals surface area (Å²) in [6.45, 7) is 3.43. The molecule has 1 aromatic carbocycles. The molecule has 25 heavy (non-hydrogen) atoms. The molecule has 3 rings (SSSR count). The van der Waals surface area contributed by atoms with Gasteiger partial charge in [-0.3, -0.25) is 4.79 Å². The third-order valence-corrected chi connectivity index (χ3v) is 3.81. The summed E-state index contributed by atoms with van der Waals surface area (Å²) in [5, 5.41) is 7.37. The maximum atomic E-state index is 11.1. The highest BCUT2D eigenvalue weighted by Gasteiger charge is 2.15. The molecule has 0 atom stereocenters. The van der Waals surface area contributed by atoms with Crippen molar-refractivity contribution in [2.75, 3.05) is 27.1 Å². The average Bonchev–Trinajstić information content (AvgIpc) is 3.19. The molecule has 0 fully saturated rings. The molecule has 134 valence electrons. The molecular formula is C17H22N4O4. The van der Waals surface area contributed by atoms with Crippen molar-refractivity contribution in [2.45, 2.75) is 26.3 Å². The predicted octanol–water partition coefficient (Wildman–Crippen LogP) is 0.923. The summed E-state index contributed by atoms with van der Waals surface area (Å²) >= 11 is 0. The van der Waals surface area contributed by atoms with Crippen molar-refractivity contribution >= 4 is 5.91 Å². The van der Waals surface area contributed by atoms with Gasteiger partial charge in [0.1, 0.15) is 5.82 Å². The zero-order valence-corrected chi connectivity index (χ0v) is 14.4. The first-order chi connectivity index (χ1) is 12.2. The molecular weight excluding hydrogens is 324 g/mol. The Labute approximate surface area is 146 Å². The van der Waals surface area contributed by atoms with Crippen molar-refractivity contribution in [2.24, 2.45) is 0 Å². The second-order valence-corrected chi connectivity index (χ2v) is 5.77. The lowest BCUT2D eigenvalue weighted by molar-refractivity contribution is -0.118. The minimum atomic E-state index is -0.0542. The van der Waals surface area contributed by atoms with Gasteiger partial charge in [-0.15, -0.1) is 0 Å². The first-order valence-corrected chi connectivity index (χ1v) is 8.20. The normalized spacial score (nSPS) is 12.4. The third kappa shape index (κ3) is 4.48. The number of hydrogen-bond donors (Lipinski definition) is 1. The Morgan fingerprint density at radius 1 is 1.32 bits per heavy atom. The minimum Gasteiger partial charge on any atom is -0.454 e. The Balaban J connectivity index is 1.75. The summed E-state index contributed by atoms with van der Waals surface area (Å²) in [7, 11) is 1.65. The van der Waals surface area contributed by atoms with E-state index in [4.69, 9.17) is 14.2 Å². The molecule has 0 saturated carbocycles. The van der Waals surface area contributed by atoms with Crippen LogP contribution in [0.3, 0.4) is 0 Å². The number of ether oxygens (including phenoxy) is 3. The topological polar surface area (TPSA) is 87.5 Å². The molecule has 1 aromatic heterocycles. The maximum Gasteiger partial charge on any atom is 0.231 e. The second-order valence-electron chi connectivity index (χ2n) is 5.77. The van der Waals surface area contributed by atoms with E-state index in [1.807, 2.05) is 22.9 Å². The molecule has 1 amide bonds. The van der Waals surface area contributed by atoms with Crippen LogP contribution in [0, 0.1) is 0 Å². The molecule has 0 radical (unpaired) electrons. The molecule has 0 unspecified atom stereocenters. The Hall–Kier alpha value is -2.61. The van der Waals surface area contributed by atoms with E-state index in [1.165, 1.54) is 6.92 Å². The SMILES string of the molecule is COCCc1nc(CCNC(C)=O)n(Cc2ccc3c(c2)OCO3)n1. The van der Waals surface area contributed by atoms with E-state index < -0.39 is 0 Å². The number of nitrogens with one attached hydrogen (secondary N) is 1. The monoisotopic (exact) mass is 346 g/mol. The van der Waals surface area contributed by atoms with Gasteiger partial charge in [0.15, 0.2) is 17.3 Å². The molecule has 0 aliphatic carbocycles. The van der Waals surface area contributed by atoms with Crippen LogP contribution in [0.5, 0.6) is 11.5 Å². The highest BCUT2D eigenvalue weighted by Crippen LogP contribution is 2.32. The van der Waals surface area contributed by atoms with Gasteiger partial charge in [-0.25, -0.2) is 9.67 Å².